The number of nitrogens with zero attached hydrogens (tertiary/aromatic N) is 9. The molecule has 0 aliphatic carbocycles. The smallest absolute Gasteiger partial charge is 0.376 e. The molecule has 0 N–H and O–H groups in total. The Labute approximate surface area is 245 Å². The van der Waals surface area contributed by atoms with Gasteiger partial charge < -0.3 is 31.6 Å². The van der Waals surface area contributed by atoms with Crippen LogP contribution >= 0.6 is 0 Å². The van der Waals surface area contributed by atoms with Crippen molar-refractivity contribution < 1.29 is 41.7 Å². The molecule has 0 spiro atoms. The van der Waals surface area contributed by atoms with Gasteiger partial charge in [0.05, 0.1) is 0 Å². The molecule has 0 aliphatic heterocycles. The monoisotopic (exact) mass is 608 g/mol. The Morgan fingerprint density at radius 3 is 0.559 bits per heavy atom. The van der Waals surface area contributed by atoms with E-state index in [-0.39, 0.29) is 75.0 Å². The predicted octanol–water partition coefficient (Wildman–Crippen LogP) is 9.97. The average molecular weight is 609 g/mol. The van der Waals surface area contributed by atoms with Gasteiger partial charge in [0.15, 0.2) is 0 Å². The summed E-state index contributed by atoms with van der Waals surface area (Å²) in [6, 6.07) is 0. The summed E-state index contributed by atoms with van der Waals surface area (Å²) in [7, 11) is 0. The quantitative estimate of drug-likeness (QED) is 0.224. The molecule has 0 saturated heterocycles. The minimum absolute atomic E-state index is 0. The van der Waals surface area contributed by atoms with E-state index < -0.39 is 0 Å². The maximum absolute atomic E-state index is 4.00. The average Bonchev–Trinajstić information content (AvgIpc) is 2.39. The summed E-state index contributed by atoms with van der Waals surface area (Å²) < 4.78 is 0. The van der Waals surface area contributed by atoms with Gasteiger partial charge in [-0.15, -0.1) is 0 Å². The molecule has 0 aliphatic rings. The molecule has 0 heterocycles. The second-order valence-corrected chi connectivity index (χ2v) is 13.9. The zero-order valence-corrected chi connectivity index (χ0v) is 28.7. The number of hydrogen-bond acceptors (Lipinski definition) is 6. The molecule has 199 valence electrons. The first-order chi connectivity index (χ1) is 14.1. The van der Waals surface area contributed by atoms with Gasteiger partial charge in [0.1, 0.15) is 0 Å². The Kier molecular flexibility index (Phi) is 19.6. The minimum atomic E-state index is -0.116. The van der Waals surface area contributed by atoms with E-state index in [1.165, 1.54) is 0 Å². The van der Waals surface area contributed by atoms with Crippen molar-refractivity contribution in [2.45, 2.75) is 158 Å². The molecule has 10 heteroatoms. The summed E-state index contributed by atoms with van der Waals surface area (Å²) >= 11 is 0. The van der Waals surface area contributed by atoms with Crippen LogP contribution in [0.2, 0.25) is 0 Å². The second kappa shape index (κ2) is 16.3. The fourth-order valence-electron chi connectivity index (χ4n) is 0.872. The molecule has 0 fully saturated rings. The van der Waals surface area contributed by atoms with E-state index in [1.54, 1.807) is 0 Å². The van der Waals surface area contributed by atoms with Crippen LogP contribution in [0.4, 0.5) is 0 Å². The first-order valence-corrected chi connectivity index (χ1v) is 11.5. The largest absolute Gasteiger partial charge is 3.00 e. The van der Waals surface area contributed by atoms with Crippen LogP contribution in [-0.4, -0.2) is 33.2 Å². The minimum Gasteiger partial charge on any atom is -0.376 e. The zero-order valence-electron chi connectivity index (χ0n) is 25.5. The Hall–Kier alpha value is -0.423. The molecular formula is C24H54CeN9. The molecule has 0 amide bonds. The van der Waals surface area contributed by atoms with E-state index in [0.717, 1.165) is 0 Å². The third-order valence-electron chi connectivity index (χ3n) is 2.07. The first kappa shape index (κ1) is 40.7. The molecule has 0 aromatic heterocycles. The molecule has 0 unspecified atom stereocenters. The van der Waals surface area contributed by atoms with E-state index >= 15 is 0 Å². The molecule has 0 bridgehead atoms. The maximum atomic E-state index is 4.00. The fourth-order valence-corrected chi connectivity index (χ4v) is 0.872. The normalized spacial score (nSPS) is 13.6. The molecule has 0 aromatic carbocycles. The molecule has 0 rings (SSSR count). The molecule has 9 nitrogen and oxygen atoms in total. The zero-order chi connectivity index (χ0) is 27.4. The molecule has 0 saturated carbocycles. The van der Waals surface area contributed by atoms with E-state index in [2.05, 4.69) is 47.3 Å². The van der Waals surface area contributed by atoms with Gasteiger partial charge in [0.2, 0.25) is 0 Å². The van der Waals surface area contributed by atoms with E-state index in [1.807, 2.05) is 125 Å². The molecule has 1 radical (unpaired) electrons. The van der Waals surface area contributed by atoms with Crippen LogP contribution in [0.15, 0.2) is 31.0 Å². The summed E-state index contributed by atoms with van der Waals surface area (Å²) in [6.07, 6.45) is 0. The first-order valence-electron chi connectivity index (χ1n) is 11.5. The van der Waals surface area contributed by atoms with Gasteiger partial charge in [0.25, 0.3) is 0 Å². The maximum Gasteiger partial charge on any atom is 3.00 e. The third-order valence-corrected chi connectivity index (χ3v) is 2.07. The number of hydrogen-bond donors (Lipinski definition) is 0. The van der Waals surface area contributed by atoms with Crippen molar-refractivity contribution in [1.29, 1.82) is 0 Å². The van der Waals surface area contributed by atoms with Crippen molar-refractivity contribution in [1.82, 2.24) is 0 Å². The topological polar surface area (TPSA) is 116 Å². The Balaban J connectivity index is -0.000000196. The predicted molar refractivity (Wildman–Crippen MR) is 143 cm³/mol. The Bertz CT molecular complexity index is 501. The number of rotatable bonds is 3. The van der Waals surface area contributed by atoms with Gasteiger partial charge in [-0.3, -0.25) is 15.7 Å². The molecular weight excluding hydrogens is 554 g/mol. The van der Waals surface area contributed by atoms with E-state index in [4.69, 9.17) is 0 Å². The van der Waals surface area contributed by atoms with Crippen molar-refractivity contribution >= 4 is 0 Å². The van der Waals surface area contributed by atoms with Crippen molar-refractivity contribution in [2.75, 3.05) is 0 Å². The van der Waals surface area contributed by atoms with Crippen LogP contribution in [0.3, 0.4) is 0 Å². The van der Waals surface area contributed by atoms with Crippen molar-refractivity contribution in [2.24, 2.45) is 31.0 Å². The van der Waals surface area contributed by atoms with Crippen LogP contribution in [0.25, 0.3) is 16.3 Å². The Morgan fingerprint density at radius 1 is 0.324 bits per heavy atom. The second-order valence-electron chi connectivity index (χ2n) is 13.9. The summed E-state index contributed by atoms with van der Waals surface area (Å²) in [5.74, 6) is 0. The van der Waals surface area contributed by atoms with Crippen LogP contribution in [0.1, 0.15) is 125 Å². The molecule has 0 aromatic rings. The van der Waals surface area contributed by atoms with Crippen LogP contribution in [-0.2, 0) is 0 Å². The summed E-state index contributed by atoms with van der Waals surface area (Å²) in [5.41, 5.74) is 11.3. The third kappa shape index (κ3) is 53.1. The van der Waals surface area contributed by atoms with Crippen LogP contribution in [0.5, 0.6) is 0 Å². The summed E-state index contributed by atoms with van der Waals surface area (Å²) in [4.78, 5) is 0. The van der Waals surface area contributed by atoms with Gasteiger partial charge in [-0.25, -0.2) is 0 Å². The van der Waals surface area contributed by atoms with Crippen molar-refractivity contribution in [3.8, 4) is 0 Å². The molecule has 34 heavy (non-hydrogen) atoms. The van der Waals surface area contributed by atoms with Gasteiger partial charge in [-0.2, -0.15) is 0 Å². The molecule has 0 atom stereocenters. The van der Waals surface area contributed by atoms with Gasteiger partial charge in [-0.1, -0.05) is 125 Å². The standard InChI is InChI=1S/3C8H18N3.Ce/c3*1-7(2,3)9-11-10-8(4,5)6;/h3*1-6H3;/q3*-1;+3. The SMILES string of the molecule is CC(C)(C)N=N[N-]C(C)(C)C.CC(C)(C)N=N[N-]C(C)(C)C.CC(C)(C)N=N[N-]C(C)(C)C.[Ce+3]. The van der Waals surface area contributed by atoms with Crippen molar-refractivity contribution in [3.63, 3.8) is 0 Å². The van der Waals surface area contributed by atoms with E-state index in [0.29, 0.717) is 0 Å². The van der Waals surface area contributed by atoms with Gasteiger partial charge >= 0.3 is 41.7 Å². The van der Waals surface area contributed by atoms with Gasteiger partial charge in [0, 0.05) is 0 Å². The summed E-state index contributed by atoms with van der Waals surface area (Å²) in [5, 5.41) is 23.3. The van der Waals surface area contributed by atoms with Crippen LogP contribution in [0, 0.1) is 41.7 Å². The fraction of sp³-hybridized carbons (Fsp3) is 1.00. The van der Waals surface area contributed by atoms with Crippen molar-refractivity contribution in [3.05, 3.63) is 16.3 Å². The Morgan fingerprint density at radius 2 is 0.471 bits per heavy atom. The van der Waals surface area contributed by atoms with Gasteiger partial charge in [-0.05, 0) is 33.2 Å². The van der Waals surface area contributed by atoms with Crippen LogP contribution < -0.4 is 0 Å². The summed E-state index contributed by atoms with van der Waals surface area (Å²) in [6.45, 7) is 35.9. The van der Waals surface area contributed by atoms with E-state index in [9.17, 15) is 0 Å².